The zero-order chi connectivity index (χ0) is 22.0. The zero-order valence-corrected chi connectivity index (χ0v) is 19.2. The molecule has 2 aromatic carbocycles. The van der Waals surface area contributed by atoms with Crippen LogP contribution in [0.2, 0.25) is 5.02 Å². The van der Waals surface area contributed by atoms with E-state index in [9.17, 15) is 13.2 Å². The molecular weight excluding hydrogens is 434 g/mol. The van der Waals surface area contributed by atoms with Gasteiger partial charge in [-0.1, -0.05) is 35.9 Å². The van der Waals surface area contributed by atoms with Crippen LogP contribution in [0.15, 0.2) is 47.4 Å². The van der Waals surface area contributed by atoms with E-state index in [2.05, 4.69) is 14.9 Å². The second kappa shape index (κ2) is 9.28. The third-order valence-corrected chi connectivity index (χ3v) is 7.83. The smallest absolute Gasteiger partial charge is 0.251 e. The van der Waals surface area contributed by atoms with Gasteiger partial charge >= 0.3 is 0 Å². The van der Waals surface area contributed by atoms with Crippen molar-refractivity contribution in [1.29, 1.82) is 0 Å². The standard InChI is InChI=1S/C23H28ClN3O3S/c1-16-8-11-18(31(29,30)26-17-9-10-17)14-20(16)23(28)25-15-22(27-12-4-5-13-27)19-6-2-3-7-21(19)24/h2-3,6-8,11,14,17,22,26H,4-5,9-10,12-13,15H2,1H3,(H,25,28). The fraction of sp³-hybridized carbons (Fsp3) is 0.435. The number of benzene rings is 2. The van der Waals surface area contributed by atoms with E-state index in [0.717, 1.165) is 49.9 Å². The van der Waals surface area contributed by atoms with Gasteiger partial charge in [0.15, 0.2) is 0 Å². The molecule has 4 rings (SSSR count). The summed E-state index contributed by atoms with van der Waals surface area (Å²) in [6.07, 6.45) is 3.97. The summed E-state index contributed by atoms with van der Waals surface area (Å²) in [6, 6.07) is 12.4. The highest BCUT2D eigenvalue weighted by molar-refractivity contribution is 7.89. The van der Waals surface area contributed by atoms with Crippen LogP contribution in [0.5, 0.6) is 0 Å². The van der Waals surface area contributed by atoms with Gasteiger partial charge in [0, 0.05) is 23.2 Å². The van der Waals surface area contributed by atoms with Crippen LogP contribution in [-0.4, -0.2) is 44.9 Å². The summed E-state index contributed by atoms with van der Waals surface area (Å²) in [5.41, 5.74) is 2.10. The Labute approximate surface area is 189 Å². The molecule has 31 heavy (non-hydrogen) atoms. The van der Waals surface area contributed by atoms with E-state index in [-0.39, 0.29) is 22.9 Å². The van der Waals surface area contributed by atoms with Gasteiger partial charge in [0.2, 0.25) is 10.0 Å². The second-order valence-corrected chi connectivity index (χ2v) is 10.5. The molecule has 1 atom stereocenters. The van der Waals surface area contributed by atoms with Gasteiger partial charge in [0.25, 0.3) is 5.91 Å². The summed E-state index contributed by atoms with van der Waals surface area (Å²) < 4.78 is 27.8. The lowest BCUT2D eigenvalue weighted by molar-refractivity contribution is 0.0937. The van der Waals surface area contributed by atoms with E-state index < -0.39 is 10.0 Å². The summed E-state index contributed by atoms with van der Waals surface area (Å²) in [6.45, 7) is 4.14. The van der Waals surface area contributed by atoms with E-state index in [1.165, 1.54) is 6.07 Å². The van der Waals surface area contributed by atoms with Crippen LogP contribution in [0, 0.1) is 6.92 Å². The molecule has 6 nitrogen and oxygen atoms in total. The number of hydrogen-bond acceptors (Lipinski definition) is 4. The lowest BCUT2D eigenvalue weighted by Gasteiger charge is -2.29. The average molecular weight is 462 g/mol. The van der Waals surface area contributed by atoms with Crippen LogP contribution in [0.4, 0.5) is 0 Å². The molecule has 1 aliphatic heterocycles. The summed E-state index contributed by atoms with van der Waals surface area (Å²) in [5.74, 6) is -0.280. The number of aryl methyl sites for hydroxylation is 1. The molecule has 2 aliphatic rings. The van der Waals surface area contributed by atoms with E-state index in [0.29, 0.717) is 17.1 Å². The predicted molar refractivity (Wildman–Crippen MR) is 122 cm³/mol. The third-order valence-electron chi connectivity index (χ3n) is 5.96. The molecular formula is C23H28ClN3O3S. The third kappa shape index (κ3) is 5.29. The van der Waals surface area contributed by atoms with Gasteiger partial charge < -0.3 is 5.32 Å². The predicted octanol–water partition coefficient (Wildman–Crippen LogP) is 3.66. The largest absolute Gasteiger partial charge is 0.350 e. The first kappa shape index (κ1) is 22.3. The Morgan fingerprint density at radius 3 is 2.55 bits per heavy atom. The van der Waals surface area contributed by atoms with Gasteiger partial charge in [-0.15, -0.1) is 0 Å². The first-order valence-electron chi connectivity index (χ1n) is 10.7. The lowest BCUT2D eigenvalue weighted by atomic mass is 10.0. The van der Waals surface area contributed by atoms with Crippen molar-refractivity contribution in [2.24, 2.45) is 0 Å². The van der Waals surface area contributed by atoms with Gasteiger partial charge in [-0.05, 0) is 75.0 Å². The van der Waals surface area contributed by atoms with Gasteiger partial charge in [-0.3, -0.25) is 9.69 Å². The number of halogens is 1. The molecule has 0 spiro atoms. The molecule has 2 N–H and O–H groups in total. The number of nitrogens with zero attached hydrogens (tertiary/aromatic N) is 1. The maximum Gasteiger partial charge on any atom is 0.251 e. The van der Waals surface area contributed by atoms with Crippen LogP contribution in [0.1, 0.15) is 53.2 Å². The summed E-state index contributed by atoms with van der Waals surface area (Å²) in [4.78, 5) is 15.5. The maximum absolute atomic E-state index is 13.0. The highest BCUT2D eigenvalue weighted by Gasteiger charge is 2.29. The summed E-state index contributed by atoms with van der Waals surface area (Å²) in [7, 11) is -3.62. The Morgan fingerprint density at radius 2 is 1.87 bits per heavy atom. The molecule has 0 aromatic heterocycles. The number of carbonyl (C=O) groups is 1. The van der Waals surface area contributed by atoms with Crippen LogP contribution in [0.3, 0.4) is 0 Å². The Balaban J connectivity index is 1.52. The van der Waals surface area contributed by atoms with Crippen molar-refractivity contribution in [2.45, 2.75) is 49.6 Å². The second-order valence-electron chi connectivity index (χ2n) is 8.36. The van der Waals surface area contributed by atoms with Gasteiger partial charge in [0.05, 0.1) is 10.9 Å². The fourth-order valence-corrected chi connectivity index (χ4v) is 5.61. The van der Waals surface area contributed by atoms with Crippen molar-refractivity contribution >= 4 is 27.5 Å². The van der Waals surface area contributed by atoms with Crippen molar-refractivity contribution in [2.75, 3.05) is 19.6 Å². The van der Waals surface area contributed by atoms with E-state index in [1.807, 2.05) is 31.2 Å². The molecule has 1 unspecified atom stereocenters. The number of nitrogens with one attached hydrogen (secondary N) is 2. The van der Waals surface area contributed by atoms with E-state index in [4.69, 9.17) is 11.6 Å². The van der Waals surface area contributed by atoms with Gasteiger partial charge in [-0.2, -0.15) is 0 Å². The molecule has 1 aliphatic carbocycles. The molecule has 2 fully saturated rings. The van der Waals surface area contributed by atoms with Crippen molar-refractivity contribution in [3.63, 3.8) is 0 Å². The molecule has 2 aromatic rings. The van der Waals surface area contributed by atoms with E-state index in [1.54, 1.807) is 12.1 Å². The van der Waals surface area contributed by atoms with Crippen molar-refractivity contribution in [3.8, 4) is 0 Å². The first-order valence-corrected chi connectivity index (χ1v) is 12.6. The highest BCUT2D eigenvalue weighted by Crippen LogP contribution is 2.30. The van der Waals surface area contributed by atoms with Crippen LogP contribution < -0.4 is 10.0 Å². The molecule has 0 radical (unpaired) electrons. The molecule has 8 heteroatoms. The average Bonchev–Trinajstić information content (AvgIpc) is 3.37. The molecule has 166 valence electrons. The maximum atomic E-state index is 13.0. The number of carbonyl (C=O) groups excluding carboxylic acids is 1. The van der Waals surface area contributed by atoms with Crippen molar-refractivity contribution < 1.29 is 13.2 Å². The zero-order valence-electron chi connectivity index (χ0n) is 17.6. The number of amides is 1. The minimum atomic E-state index is -3.62. The van der Waals surface area contributed by atoms with Crippen molar-refractivity contribution in [1.82, 2.24) is 14.9 Å². The number of hydrogen-bond donors (Lipinski definition) is 2. The van der Waals surface area contributed by atoms with Crippen LogP contribution in [0.25, 0.3) is 0 Å². The Bertz CT molecular complexity index is 1060. The number of likely N-dealkylation sites (tertiary alicyclic amines) is 1. The molecule has 1 heterocycles. The topological polar surface area (TPSA) is 78.5 Å². The van der Waals surface area contributed by atoms with E-state index >= 15 is 0 Å². The molecule has 0 bridgehead atoms. The molecule has 1 amide bonds. The summed E-state index contributed by atoms with van der Waals surface area (Å²) >= 11 is 6.46. The lowest BCUT2D eigenvalue weighted by Crippen LogP contribution is -2.37. The molecule has 1 saturated carbocycles. The van der Waals surface area contributed by atoms with Crippen LogP contribution in [-0.2, 0) is 10.0 Å². The van der Waals surface area contributed by atoms with Gasteiger partial charge in [-0.25, -0.2) is 13.1 Å². The Morgan fingerprint density at radius 1 is 1.16 bits per heavy atom. The Kier molecular flexibility index (Phi) is 6.67. The minimum Gasteiger partial charge on any atom is -0.350 e. The normalized spacial score (nSPS) is 18.1. The highest BCUT2D eigenvalue weighted by atomic mass is 35.5. The minimum absolute atomic E-state index is 0.0143. The van der Waals surface area contributed by atoms with Gasteiger partial charge in [0.1, 0.15) is 0 Å². The summed E-state index contributed by atoms with van der Waals surface area (Å²) in [5, 5.41) is 3.70. The number of sulfonamides is 1. The monoisotopic (exact) mass is 461 g/mol. The first-order chi connectivity index (χ1) is 14.8. The quantitative estimate of drug-likeness (QED) is 0.628. The van der Waals surface area contributed by atoms with Crippen molar-refractivity contribution in [3.05, 3.63) is 64.2 Å². The fourth-order valence-electron chi connectivity index (χ4n) is 4.02. The SMILES string of the molecule is Cc1ccc(S(=O)(=O)NC2CC2)cc1C(=O)NCC(c1ccccc1Cl)N1CCCC1. The van der Waals surface area contributed by atoms with Crippen LogP contribution >= 0.6 is 11.6 Å². The Hall–Kier alpha value is -1.93. The number of rotatable bonds is 8. The molecule has 1 saturated heterocycles.